The molecule has 0 fully saturated rings. The molecule has 0 unspecified atom stereocenters. The normalized spacial score (nSPS) is 10.2. The molecule has 0 radical (unpaired) electrons. The van der Waals surface area contributed by atoms with Crippen LogP contribution < -0.4 is 5.11 Å². The molecule has 2 aromatic carbocycles. The van der Waals surface area contributed by atoms with Crippen molar-refractivity contribution in [3.05, 3.63) is 58.7 Å². The minimum atomic E-state index is -1.43. The van der Waals surface area contributed by atoms with E-state index in [0.717, 1.165) is 17.7 Å². The van der Waals surface area contributed by atoms with Crippen molar-refractivity contribution in [3.63, 3.8) is 0 Å². The van der Waals surface area contributed by atoms with E-state index in [2.05, 4.69) is 0 Å². The second-order valence-corrected chi connectivity index (χ2v) is 4.45. The third-order valence-electron chi connectivity index (χ3n) is 3.18. The van der Waals surface area contributed by atoms with Crippen LogP contribution in [-0.4, -0.2) is 5.97 Å². The van der Waals surface area contributed by atoms with Crippen molar-refractivity contribution in [3.8, 4) is 17.2 Å². The molecule has 0 heterocycles. The Morgan fingerprint density at radius 2 is 1.86 bits per heavy atom. The van der Waals surface area contributed by atoms with Gasteiger partial charge in [-0.2, -0.15) is 5.26 Å². The zero-order valence-electron chi connectivity index (χ0n) is 11.1. The van der Waals surface area contributed by atoms with Gasteiger partial charge in [-0.05, 0) is 35.2 Å². The lowest BCUT2D eigenvalue weighted by molar-refractivity contribution is -0.254. The van der Waals surface area contributed by atoms with Gasteiger partial charge in [0.25, 0.3) is 0 Å². The van der Waals surface area contributed by atoms with Crippen molar-refractivity contribution in [1.82, 2.24) is 0 Å². The van der Waals surface area contributed by atoms with Crippen molar-refractivity contribution >= 4 is 5.97 Å². The average Bonchev–Trinajstić information content (AvgIpc) is 2.46. The first-order valence-corrected chi connectivity index (χ1v) is 6.21. The van der Waals surface area contributed by atoms with Gasteiger partial charge in [0.05, 0.1) is 5.97 Å². The van der Waals surface area contributed by atoms with Gasteiger partial charge in [0.1, 0.15) is 23.3 Å². The Hall–Kier alpha value is -2.74. The van der Waals surface area contributed by atoms with Crippen molar-refractivity contribution in [2.45, 2.75) is 13.3 Å². The van der Waals surface area contributed by atoms with E-state index in [1.54, 1.807) is 12.1 Å². The highest BCUT2D eigenvalue weighted by Crippen LogP contribution is 2.28. The summed E-state index contributed by atoms with van der Waals surface area (Å²) in [6, 6.07) is 7.83. The number of benzene rings is 2. The van der Waals surface area contributed by atoms with Gasteiger partial charge >= 0.3 is 0 Å². The number of carbonyl (C=O) groups is 1. The Morgan fingerprint density at radius 1 is 1.24 bits per heavy atom. The van der Waals surface area contributed by atoms with Crippen LogP contribution >= 0.6 is 0 Å². The number of carboxylic acids is 1. The summed E-state index contributed by atoms with van der Waals surface area (Å²) in [4.78, 5) is 11.1. The van der Waals surface area contributed by atoms with Gasteiger partial charge < -0.3 is 9.90 Å². The number of rotatable bonds is 3. The quantitative estimate of drug-likeness (QED) is 0.870. The van der Waals surface area contributed by atoms with Crippen LogP contribution in [0.5, 0.6) is 0 Å². The molecule has 0 spiro atoms. The van der Waals surface area contributed by atoms with E-state index in [1.165, 1.54) is 12.1 Å². The second kappa shape index (κ2) is 5.71. The Bertz CT molecular complexity index is 740. The fourth-order valence-electron chi connectivity index (χ4n) is 2.06. The first-order valence-electron chi connectivity index (χ1n) is 6.21. The van der Waals surface area contributed by atoms with E-state index in [1.807, 2.05) is 6.92 Å². The fourth-order valence-corrected chi connectivity index (χ4v) is 2.06. The molecule has 0 aliphatic heterocycles. The number of halogens is 2. The number of aryl methyl sites for hydroxylation is 1. The molecule has 3 nitrogen and oxygen atoms in total. The summed E-state index contributed by atoms with van der Waals surface area (Å²) in [5.41, 5.74) is 0.186. The summed E-state index contributed by atoms with van der Waals surface area (Å²) < 4.78 is 27.4. The van der Waals surface area contributed by atoms with Gasteiger partial charge in [0.15, 0.2) is 0 Å². The molecule has 0 aromatic heterocycles. The molecule has 0 atom stereocenters. The van der Waals surface area contributed by atoms with Crippen molar-refractivity contribution in [1.29, 1.82) is 5.26 Å². The first kappa shape index (κ1) is 14.7. The molecule has 0 aliphatic carbocycles. The van der Waals surface area contributed by atoms with Crippen LogP contribution in [0, 0.1) is 23.0 Å². The minimum absolute atomic E-state index is 0.0542. The highest BCUT2D eigenvalue weighted by molar-refractivity contribution is 5.95. The molecule has 0 N–H and O–H groups in total. The predicted molar refractivity (Wildman–Crippen MR) is 70.2 cm³/mol. The van der Waals surface area contributed by atoms with Crippen LogP contribution in [0.4, 0.5) is 8.78 Å². The molecule has 2 aromatic rings. The summed E-state index contributed by atoms with van der Waals surface area (Å²) in [7, 11) is 0. The molecule has 0 saturated carbocycles. The monoisotopic (exact) mass is 286 g/mol. The minimum Gasteiger partial charge on any atom is -0.545 e. The molecule has 5 heteroatoms. The smallest absolute Gasteiger partial charge is 0.144 e. The van der Waals surface area contributed by atoms with Crippen molar-refractivity contribution in [2.75, 3.05) is 0 Å². The van der Waals surface area contributed by atoms with E-state index in [0.29, 0.717) is 6.42 Å². The number of nitrogens with zero attached hydrogens (tertiary/aromatic N) is 1. The Labute approximate surface area is 120 Å². The Morgan fingerprint density at radius 3 is 2.33 bits per heavy atom. The van der Waals surface area contributed by atoms with Crippen LogP contribution in [0.2, 0.25) is 0 Å². The number of aromatic carboxylic acids is 1. The molecule has 106 valence electrons. The molecule has 0 bridgehead atoms. The van der Waals surface area contributed by atoms with Crippen LogP contribution in [0.1, 0.15) is 28.4 Å². The van der Waals surface area contributed by atoms with Crippen LogP contribution in [-0.2, 0) is 6.42 Å². The van der Waals surface area contributed by atoms with Crippen molar-refractivity contribution < 1.29 is 18.7 Å². The molecular weight excluding hydrogens is 276 g/mol. The number of hydrogen-bond acceptors (Lipinski definition) is 3. The lowest BCUT2D eigenvalue weighted by Gasteiger charge is -2.13. The topological polar surface area (TPSA) is 63.9 Å². The maximum absolute atomic E-state index is 13.7. The molecule has 0 saturated heterocycles. The average molecular weight is 286 g/mol. The lowest BCUT2D eigenvalue weighted by Crippen LogP contribution is -2.23. The fraction of sp³-hybridized carbons (Fsp3) is 0.125. The maximum Gasteiger partial charge on any atom is 0.144 e. The highest BCUT2D eigenvalue weighted by Gasteiger charge is 2.14. The summed E-state index contributed by atoms with van der Waals surface area (Å²) in [6.45, 7) is 1.87. The SMILES string of the molecule is CCc1ccc(C(=O)[O-])c(-c2cc(F)c(C#N)c(F)c2)c1. The Balaban J connectivity index is 2.71. The second-order valence-electron chi connectivity index (χ2n) is 4.45. The van der Waals surface area contributed by atoms with Crippen molar-refractivity contribution in [2.24, 2.45) is 0 Å². The van der Waals surface area contributed by atoms with Gasteiger partial charge in [-0.3, -0.25) is 0 Å². The maximum atomic E-state index is 13.7. The van der Waals surface area contributed by atoms with Gasteiger partial charge in [-0.15, -0.1) is 0 Å². The molecule has 0 aliphatic rings. The Kier molecular flexibility index (Phi) is 3.99. The van der Waals surface area contributed by atoms with E-state index in [9.17, 15) is 18.7 Å². The van der Waals surface area contributed by atoms with Gasteiger partial charge in [-0.25, -0.2) is 8.78 Å². The standard InChI is InChI=1S/C16H11F2NO2/c1-2-9-3-4-11(16(20)21)12(5-9)10-6-14(17)13(8-19)15(18)7-10/h3-7H,2H2,1H3,(H,20,21)/p-1. The molecule has 21 heavy (non-hydrogen) atoms. The van der Waals surface area contributed by atoms with Crippen LogP contribution in [0.15, 0.2) is 30.3 Å². The predicted octanol–water partition coefficient (Wildman–Crippen LogP) is 2.43. The highest BCUT2D eigenvalue weighted by atomic mass is 19.1. The van der Waals surface area contributed by atoms with E-state index in [-0.39, 0.29) is 16.7 Å². The number of carboxylic acid groups (broad SMARTS) is 1. The van der Waals surface area contributed by atoms with E-state index >= 15 is 0 Å². The lowest BCUT2D eigenvalue weighted by atomic mass is 9.95. The zero-order valence-corrected chi connectivity index (χ0v) is 11.1. The number of carbonyl (C=O) groups excluding carboxylic acids is 1. The summed E-state index contributed by atoms with van der Waals surface area (Å²) in [5.74, 6) is -3.49. The van der Waals surface area contributed by atoms with Crippen LogP contribution in [0.3, 0.4) is 0 Å². The van der Waals surface area contributed by atoms with Gasteiger partial charge in [0.2, 0.25) is 0 Å². The number of nitriles is 1. The summed E-state index contributed by atoms with van der Waals surface area (Å²) in [6.07, 6.45) is 0.640. The summed E-state index contributed by atoms with van der Waals surface area (Å²) >= 11 is 0. The largest absolute Gasteiger partial charge is 0.545 e. The number of hydrogen-bond donors (Lipinski definition) is 0. The van der Waals surface area contributed by atoms with Crippen LogP contribution in [0.25, 0.3) is 11.1 Å². The van der Waals surface area contributed by atoms with Gasteiger partial charge in [0, 0.05) is 5.56 Å². The molecular formula is C16H10F2NO2-. The molecule has 2 rings (SSSR count). The van der Waals surface area contributed by atoms with E-state index < -0.39 is 23.2 Å². The third-order valence-corrected chi connectivity index (χ3v) is 3.18. The molecule has 0 amide bonds. The zero-order chi connectivity index (χ0) is 15.6. The third kappa shape index (κ3) is 2.75. The van der Waals surface area contributed by atoms with E-state index in [4.69, 9.17) is 5.26 Å². The first-order chi connectivity index (χ1) is 9.97. The van der Waals surface area contributed by atoms with Gasteiger partial charge in [-0.1, -0.05) is 25.1 Å². The summed E-state index contributed by atoms with van der Waals surface area (Å²) in [5, 5.41) is 19.8.